The number of carboxylic acid groups (broad SMARTS) is 1. The Bertz CT molecular complexity index is 357. The van der Waals surface area contributed by atoms with Crippen molar-refractivity contribution in [1.82, 2.24) is 0 Å². The first-order chi connectivity index (χ1) is 9.45. The maximum atomic E-state index is 11.1. The van der Waals surface area contributed by atoms with Crippen molar-refractivity contribution in [2.24, 2.45) is 5.41 Å². The number of carboxylic acids is 1. The molecule has 6 nitrogen and oxygen atoms in total. The van der Waals surface area contributed by atoms with E-state index in [1.54, 1.807) is 6.92 Å². The second-order valence-corrected chi connectivity index (χ2v) is 5.28. The van der Waals surface area contributed by atoms with Crippen LogP contribution in [0.2, 0.25) is 0 Å². The van der Waals surface area contributed by atoms with Crippen LogP contribution >= 0.6 is 0 Å². The first-order valence-electron chi connectivity index (χ1n) is 6.74. The van der Waals surface area contributed by atoms with Gasteiger partial charge in [0.15, 0.2) is 0 Å². The fourth-order valence-corrected chi connectivity index (χ4v) is 2.34. The molecule has 0 aromatic heterocycles. The minimum atomic E-state index is -0.814. The predicted molar refractivity (Wildman–Crippen MR) is 70.8 cm³/mol. The SMILES string of the molecule is C=C(C)C(=O)OCCOOCC1(CC(=O)O)CCCC1. The van der Waals surface area contributed by atoms with E-state index in [0.717, 1.165) is 25.7 Å². The molecule has 0 heterocycles. The average molecular weight is 286 g/mol. The van der Waals surface area contributed by atoms with Gasteiger partial charge in [-0.1, -0.05) is 19.4 Å². The zero-order chi connectivity index (χ0) is 15.0. The van der Waals surface area contributed by atoms with Crippen LogP contribution in [0.1, 0.15) is 39.0 Å². The summed E-state index contributed by atoms with van der Waals surface area (Å²) in [6, 6.07) is 0. The second kappa shape index (κ2) is 8.01. The van der Waals surface area contributed by atoms with E-state index in [4.69, 9.17) is 19.6 Å². The molecule has 0 aromatic rings. The molecule has 1 aliphatic carbocycles. The highest BCUT2D eigenvalue weighted by Crippen LogP contribution is 2.41. The lowest BCUT2D eigenvalue weighted by Gasteiger charge is -2.25. The van der Waals surface area contributed by atoms with Gasteiger partial charge in [0.2, 0.25) is 0 Å². The summed E-state index contributed by atoms with van der Waals surface area (Å²) >= 11 is 0. The van der Waals surface area contributed by atoms with Crippen molar-refractivity contribution in [3.05, 3.63) is 12.2 Å². The van der Waals surface area contributed by atoms with Gasteiger partial charge in [-0.25, -0.2) is 14.6 Å². The summed E-state index contributed by atoms with van der Waals surface area (Å²) in [5, 5.41) is 8.93. The molecule has 1 aliphatic rings. The summed E-state index contributed by atoms with van der Waals surface area (Å²) in [5.41, 5.74) is 0.0116. The van der Waals surface area contributed by atoms with Gasteiger partial charge < -0.3 is 9.84 Å². The molecule has 1 fully saturated rings. The number of hydrogen-bond donors (Lipinski definition) is 1. The Hall–Kier alpha value is -1.40. The smallest absolute Gasteiger partial charge is 0.333 e. The first kappa shape index (κ1) is 16.7. The number of ether oxygens (including phenoxy) is 1. The third-order valence-corrected chi connectivity index (χ3v) is 3.39. The van der Waals surface area contributed by atoms with Gasteiger partial charge in [-0.15, -0.1) is 0 Å². The largest absolute Gasteiger partial charge is 0.481 e. The molecule has 1 N–H and O–H groups in total. The monoisotopic (exact) mass is 286 g/mol. The van der Waals surface area contributed by atoms with E-state index in [0.29, 0.717) is 5.57 Å². The number of carbonyl (C=O) groups excluding carboxylic acids is 1. The van der Waals surface area contributed by atoms with Crippen molar-refractivity contribution in [1.29, 1.82) is 0 Å². The highest BCUT2D eigenvalue weighted by atomic mass is 17.2. The Morgan fingerprint density at radius 1 is 1.20 bits per heavy atom. The summed E-state index contributed by atoms with van der Waals surface area (Å²) in [4.78, 5) is 32.0. The van der Waals surface area contributed by atoms with Crippen molar-refractivity contribution in [2.45, 2.75) is 39.0 Å². The number of rotatable bonds is 9. The quantitative estimate of drug-likeness (QED) is 0.230. The number of carbonyl (C=O) groups is 2. The summed E-state index contributed by atoms with van der Waals surface area (Å²) < 4.78 is 4.83. The van der Waals surface area contributed by atoms with E-state index in [2.05, 4.69) is 6.58 Å². The van der Waals surface area contributed by atoms with Crippen molar-refractivity contribution in [3.63, 3.8) is 0 Å². The molecule has 20 heavy (non-hydrogen) atoms. The molecule has 0 aromatic carbocycles. The van der Waals surface area contributed by atoms with E-state index < -0.39 is 11.9 Å². The Morgan fingerprint density at radius 3 is 2.40 bits per heavy atom. The standard InChI is InChI=1S/C14H22O6/c1-11(2)13(17)18-7-8-19-20-10-14(9-12(15)16)5-3-4-6-14/h1,3-10H2,2H3,(H,15,16). The van der Waals surface area contributed by atoms with Gasteiger partial charge in [0.1, 0.15) is 13.2 Å². The fraction of sp³-hybridized carbons (Fsp3) is 0.714. The zero-order valence-corrected chi connectivity index (χ0v) is 11.9. The first-order valence-corrected chi connectivity index (χ1v) is 6.74. The molecule has 0 amide bonds. The molecule has 1 rings (SSSR count). The lowest BCUT2D eigenvalue weighted by Crippen LogP contribution is -2.27. The molecule has 0 spiro atoms. The van der Waals surface area contributed by atoms with Crippen molar-refractivity contribution < 1.29 is 29.2 Å². The van der Waals surface area contributed by atoms with Gasteiger partial charge in [0, 0.05) is 11.0 Å². The third-order valence-electron chi connectivity index (χ3n) is 3.39. The summed E-state index contributed by atoms with van der Waals surface area (Å²) in [7, 11) is 0. The van der Waals surface area contributed by atoms with E-state index in [9.17, 15) is 9.59 Å². The Morgan fingerprint density at radius 2 is 1.85 bits per heavy atom. The molecule has 114 valence electrons. The molecular formula is C14H22O6. The van der Waals surface area contributed by atoms with E-state index in [-0.39, 0.29) is 31.7 Å². The zero-order valence-electron chi connectivity index (χ0n) is 11.9. The van der Waals surface area contributed by atoms with Crippen LogP contribution in [0.3, 0.4) is 0 Å². The highest BCUT2D eigenvalue weighted by molar-refractivity contribution is 5.86. The Kier molecular flexibility index (Phi) is 6.67. The second-order valence-electron chi connectivity index (χ2n) is 5.28. The summed E-state index contributed by atoms with van der Waals surface area (Å²) in [6.45, 7) is 5.47. The van der Waals surface area contributed by atoms with Crippen LogP contribution in [0.4, 0.5) is 0 Å². The maximum absolute atomic E-state index is 11.1. The Balaban J connectivity index is 2.17. The minimum absolute atomic E-state index is 0.0810. The molecule has 0 atom stereocenters. The van der Waals surface area contributed by atoms with Gasteiger partial charge in [-0.3, -0.25) is 4.79 Å². The third kappa shape index (κ3) is 5.71. The van der Waals surface area contributed by atoms with Crippen molar-refractivity contribution >= 4 is 11.9 Å². The molecule has 0 aliphatic heterocycles. The molecular weight excluding hydrogens is 264 g/mol. The number of hydrogen-bond acceptors (Lipinski definition) is 5. The van der Waals surface area contributed by atoms with Crippen LogP contribution in [-0.2, 0) is 24.1 Å². The predicted octanol–water partition coefficient (Wildman–Crippen LogP) is 2.09. The van der Waals surface area contributed by atoms with Crippen LogP contribution < -0.4 is 0 Å². The van der Waals surface area contributed by atoms with Gasteiger partial charge in [0.25, 0.3) is 0 Å². The number of aliphatic carboxylic acids is 1. The van der Waals surface area contributed by atoms with Gasteiger partial charge in [0.05, 0.1) is 13.0 Å². The minimum Gasteiger partial charge on any atom is -0.481 e. The molecule has 0 unspecified atom stereocenters. The van der Waals surface area contributed by atoms with Crippen LogP contribution in [-0.4, -0.2) is 36.9 Å². The lowest BCUT2D eigenvalue weighted by molar-refractivity contribution is -0.313. The van der Waals surface area contributed by atoms with Crippen molar-refractivity contribution in [3.8, 4) is 0 Å². The fourth-order valence-electron chi connectivity index (χ4n) is 2.34. The van der Waals surface area contributed by atoms with Gasteiger partial charge in [-0.2, -0.15) is 0 Å². The molecule has 0 saturated heterocycles. The molecule has 0 radical (unpaired) electrons. The van der Waals surface area contributed by atoms with Crippen LogP contribution in [0.15, 0.2) is 12.2 Å². The van der Waals surface area contributed by atoms with Crippen LogP contribution in [0.5, 0.6) is 0 Å². The molecule has 1 saturated carbocycles. The highest BCUT2D eigenvalue weighted by Gasteiger charge is 2.36. The van der Waals surface area contributed by atoms with E-state index >= 15 is 0 Å². The van der Waals surface area contributed by atoms with Gasteiger partial charge in [-0.05, 0) is 19.8 Å². The Labute approximate surface area is 118 Å². The number of esters is 1. The van der Waals surface area contributed by atoms with Crippen LogP contribution in [0, 0.1) is 5.41 Å². The van der Waals surface area contributed by atoms with Crippen LogP contribution in [0.25, 0.3) is 0 Å². The summed E-state index contributed by atoms with van der Waals surface area (Å²) in [6.07, 6.45) is 3.82. The van der Waals surface area contributed by atoms with E-state index in [1.807, 2.05) is 0 Å². The molecule has 0 bridgehead atoms. The lowest BCUT2D eigenvalue weighted by atomic mass is 9.84. The summed E-state index contributed by atoms with van der Waals surface area (Å²) in [5.74, 6) is -1.28. The van der Waals surface area contributed by atoms with Crippen molar-refractivity contribution in [2.75, 3.05) is 19.8 Å². The molecule has 6 heteroatoms. The topological polar surface area (TPSA) is 82.1 Å². The average Bonchev–Trinajstić information content (AvgIpc) is 2.81. The van der Waals surface area contributed by atoms with E-state index in [1.165, 1.54) is 0 Å². The van der Waals surface area contributed by atoms with Gasteiger partial charge >= 0.3 is 11.9 Å². The maximum Gasteiger partial charge on any atom is 0.333 e. The normalized spacial score (nSPS) is 16.9.